The summed E-state index contributed by atoms with van der Waals surface area (Å²) in [5.41, 5.74) is 2.32. The number of nitrogens with zero attached hydrogens (tertiary/aromatic N) is 2. The molecule has 2 rings (SSSR count). The molecule has 1 fully saturated rings. The highest BCUT2D eigenvalue weighted by Gasteiger charge is 2.38. The molecule has 19 heavy (non-hydrogen) atoms. The molecule has 0 spiro atoms. The predicted molar refractivity (Wildman–Crippen MR) is 69.8 cm³/mol. The van der Waals surface area contributed by atoms with Crippen LogP contribution in [-0.2, 0) is 16.6 Å². The number of nitrogens with one attached hydrogen (secondary N) is 1. The molecule has 0 saturated heterocycles. The summed E-state index contributed by atoms with van der Waals surface area (Å²) in [5, 5.41) is 16.2. The van der Waals surface area contributed by atoms with E-state index in [1.54, 1.807) is 4.68 Å². The summed E-state index contributed by atoms with van der Waals surface area (Å²) >= 11 is 0. The quantitative estimate of drug-likeness (QED) is 0.867. The van der Waals surface area contributed by atoms with Gasteiger partial charge in [-0.2, -0.15) is 5.10 Å². The number of rotatable bonds is 3. The maximum absolute atomic E-state index is 12.2. The summed E-state index contributed by atoms with van der Waals surface area (Å²) in [6.07, 6.45) is 2.01. The molecule has 6 heteroatoms. The van der Waals surface area contributed by atoms with E-state index >= 15 is 0 Å². The van der Waals surface area contributed by atoms with Crippen LogP contribution in [0.1, 0.15) is 30.7 Å². The molecule has 1 saturated carbocycles. The molecule has 1 amide bonds. The molecule has 0 aliphatic heterocycles. The summed E-state index contributed by atoms with van der Waals surface area (Å²) in [4.78, 5) is 23.3. The normalized spacial score (nSPS) is 22.5. The number of aryl methyl sites for hydroxylation is 2. The van der Waals surface area contributed by atoms with Crippen molar-refractivity contribution in [3.05, 3.63) is 11.4 Å². The summed E-state index contributed by atoms with van der Waals surface area (Å²) in [6.45, 7) is 3.70. The van der Waals surface area contributed by atoms with Crippen molar-refractivity contribution < 1.29 is 14.7 Å². The second kappa shape index (κ2) is 5.03. The molecule has 2 atom stereocenters. The highest BCUT2D eigenvalue weighted by atomic mass is 16.4. The van der Waals surface area contributed by atoms with Gasteiger partial charge in [0.05, 0.1) is 28.9 Å². The Morgan fingerprint density at radius 1 is 1.32 bits per heavy atom. The predicted octanol–water partition coefficient (Wildman–Crippen LogP) is 1.48. The number of aromatic nitrogens is 2. The average Bonchev–Trinajstić information content (AvgIpc) is 2.90. The van der Waals surface area contributed by atoms with Gasteiger partial charge in [0.15, 0.2) is 0 Å². The van der Waals surface area contributed by atoms with Crippen LogP contribution in [-0.4, -0.2) is 26.8 Å². The third kappa shape index (κ3) is 2.47. The van der Waals surface area contributed by atoms with Crippen molar-refractivity contribution in [3.8, 4) is 0 Å². The first-order valence-corrected chi connectivity index (χ1v) is 6.45. The lowest BCUT2D eigenvalue weighted by Gasteiger charge is -2.15. The largest absolute Gasteiger partial charge is 0.481 e. The first kappa shape index (κ1) is 13.6. The molecule has 0 unspecified atom stereocenters. The highest BCUT2D eigenvalue weighted by molar-refractivity contribution is 5.96. The van der Waals surface area contributed by atoms with Crippen LogP contribution in [0.2, 0.25) is 0 Å². The standard InChI is InChI=1S/C13H19N3O3/c1-7-11(8(2)16(3)15-7)14-12(17)9-5-4-6-10(9)13(18)19/h9-10H,4-6H2,1-3H3,(H,14,17)(H,18,19)/t9-,10+/m1/s1. The van der Waals surface area contributed by atoms with Gasteiger partial charge in [-0.25, -0.2) is 0 Å². The maximum atomic E-state index is 12.2. The molecule has 1 aliphatic carbocycles. The van der Waals surface area contributed by atoms with Crippen molar-refractivity contribution in [2.75, 3.05) is 5.32 Å². The minimum absolute atomic E-state index is 0.205. The van der Waals surface area contributed by atoms with Gasteiger partial charge in [-0.3, -0.25) is 14.3 Å². The zero-order chi connectivity index (χ0) is 14.2. The molecule has 104 valence electrons. The monoisotopic (exact) mass is 265 g/mol. The smallest absolute Gasteiger partial charge is 0.307 e. The van der Waals surface area contributed by atoms with Crippen molar-refractivity contribution in [2.45, 2.75) is 33.1 Å². The Hall–Kier alpha value is -1.85. The van der Waals surface area contributed by atoms with E-state index in [2.05, 4.69) is 10.4 Å². The van der Waals surface area contributed by atoms with Crippen LogP contribution in [0.3, 0.4) is 0 Å². The van der Waals surface area contributed by atoms with Crippen molar-refractivity contribution >= 4 is 17.6 Å². The van der Waals surface area contributed by atoms with Crippen molar-refractivity contribution in [1.29, 1.82) is 0 Å². The zero-order valence-electron chi connectivity index (χ0n) is 11.4. The van der Waals surface area contributed by atoms with Crippen LogP contribution in [0.5, 0.6) is 0 Å². The summed E-state index contributed by atoms with van der Waals surface area (Å²) in [7, 11) is 1.81. The molecule has 0 aromatic carbocycles. The van der Waals surface area contributed by atoms with Gasteiger partial charge in [0, 0.05) is 7.05 Å². The Balaban J connectivity index is 2.15. The van der Waals surface area contributed by atoms with Crippen LogP contribution < -0.4 is 5.32 Å². The molecule has 1 aromatic rings. The second-order valence-electron chi connectivity index (χ2n) is 5.14. The third-order valence-electron chi connectivity index (χ3n) is 3.93. The van der Waals surface area contributed by atoms with Crippen LogP contribution in [0, 0.1) is 25.7 Å². The second-order valence-corrected chi connectivity index (χ2v) is 5.14. The van der Waals surface area contributed by atoms with Crippen molar-refractivity contribution in [2.24, 2.45) is 18.9 Å². The molecular formula is C13H19N3O3. The Labute approximate surface area is 111 Å². The van der Waals surface area contributed by atoms with Crippen LogP contribution in [0.15, 0.2) is 0 Å². The van der Waals surface area contributed by atoms with E-state index in [4.69, 9.17) is 5.11 Å². The number of hydrogen-bond donors (Lipinski definition) is 2. The lowest BCUT2D eigenvalue weighted by molar-refractivity contribution is -0.145. The number of anilines is 1. The SMILES string of the molecule is Cc1nn(C)c(C)c1NC(=O)[C@@H]1CCC[C@@H]1C(=O)O. The van der Waals surface area contributed by atoms with E-state index in [1.807, 2.05) is 20.9 Å². The van der Waals surface area contributed by atoms with Gasteiger partial charge in [0.2, 0.25) is 5.91 Å². The average molecular weight is 265 g/mol. The fourth-order valence-electron chi connectivity index (χ4n) is 2.74. The maximum Gasteiger partial charge on any atom is 0.307 e. The molecule has 6 nitrogen and oxygen atoms in total. The van der Waals surface area contributed by atoms with Gasteiger partial charge in [-0.1, -0.05) is 6.42 Å². The summed E-state index contributed by atoms with van der Waals surface area (Å²) in [5.74, 6) is -2.07. The van der Waals surface area contributed by atoms with E-state index in [1.165, 1.54) is 0 Å². The minimum atomic E-state index is -0.878. The lowest BCUT2D eigenvalue weighted by Crippen LogP contribution is -2.30. The van der Waals surface area contributed by atoms with E-state index in [9.17, 15) is 9.59 Å². The van der Waals surface area contributed by atoms with Crippen molar-refractivity contribution in [1.82, 2.24) is 9.78 Å². The number of amides is 1. The number of aliphatic carboxylic acids is 1. The van der Waals surface area contributed by atoms with Crippen LogP contribution >= 0.6 is 0 Å². The van der Waals surface area contributed by atoms with Crippen LogP contribution in [0.25, 0.3) is 0 Å². The van der Waals surface area contributed by atoms with E-state index in [-0.39, 0.29) is 5.91 Å². The fraction of sp³-hybridized carbons (Fsp3) is 0.615. The summed E-state index contributed by atoms with van der Waals surface area (Å²) < 4.78 is 1.70. The number of carbonyl (C=O) groups is 2. The van der Waals surface area contributed by atoms with Gasteiger partial charge in [-0.05, 0) is 26.7 Å². The highest BCUT2D eigenvalue weighted by Crippen LogP contribution is 2.33. The zero-order valence-corrected chi connectivity index (χ0v) is 11.4. The van der Waals surface area contributed by atoms with E-state index in [0.717, 1.165) is 17.8 Å². The third-order valence-corrected chi connectivity index (χ3v) is 3.93. The van der Waals surface area contributed by atoms with E-state index < -0.39 is 17.8 Å². The first-order valence-electron chi connectivity index (χ1n) is 6.45. The van der Waals surface area contributed by atoms with Crippen molar-refractivity contribution in [3.63, 3.8) is 0 Å². The molecular weight excluding hydrogens is 246 g/mol. The molecule has 1 aromatic heterocycles. The van der Waals surface area contributed by atoms with Gasteiger partial charge < -0.3 is 10.4 Å². The first-order chi connectivity index (χ1) is 8.91. The Morgan fingerprint density at radius 3 is 2.47 bits per heavy atom. The molecule has 2 N–H and O–H groups in total. The van der Waals surface area contributed by atoms with Gasteiger partial charge >= 0.3 is 5.97 Å². The molecule has 0 radical (unpaired) electrons. The minimum Gasteiger partial charge on any atom is -0.481 e. The fourth-order valence-corrected chi connectivity index (χ4v) is 2.74. The van der Waals surface area contributed by atoms with Crippen LogP contribution in [0.4, 0.5) is 5.69 Å². The molecule has 1 aliphatic rings. The number of carboxylic acid groups (broad SMARTS) is 1. The van der Waals surface area contributed by atoms with Gasteiger partial charge in [-0.15, -0.1) is 0 Å². The Kier molecular flexibility index (Phi) is 3.59. The van der Waals surface area contributed by atoms with E-state index in [0.29, 0.717) is 18.5 Å². The number of carboxylic acids is 1. The Morgan fingerprint density at radius 2 is 1.95 bits per heavy atom. The lowest BCUT2D eigenvalue weighted by atomic mass is 9.95. The number of hydrogen-bond acceptors (Lipinski definition) is 3. The molecule has 0 bridgehead atoms. The number of carbonyl (C=O) groups excluding carboxylic acids is 1. The summed E-state index contributed by atoms with van der Waals surface area (Å²) in [6, 6.07) is 0. The molecule has 1 heterocycles. The van der Waals surface area contributed by atoms with Gasteiger partial charge in [0.1, 0.15) is 0 Å². The topological polar surface area (TPSA) is 84.2 Å². The van der Waals surface area contributed by atoms with Gasteiger partial charge in [0.25, 0.3) is 0 Å². The Bertz CT molecular complexity index is 521.